The Labute approximate surface area is 125 Å². The van der Waals surface area contributed by atoms with Crippen LogP contribution in [0.4, 0.5) is 5.82 Å². The fourth-order valence-electron chi connectivity index (χ4n) is 2.89. The van der Waals surface area contributed by atoms with Crippen molar-refractivity contribution in [1.29, 1.82) is 0 Å². The molecule has 6 heteroatoms. The van der Waals surface area contributed by atoms with Crippen LogP contribution in [0.15, 0.2) is 12.4 Å². The zero-order valence-corrected chi connectivity index (χ0v) is 12.7. The number of carbonyl (C=O) groups is 1. The number of piperazine rings is 1. The molecule has 3 rings (SSSR count). The summed E-state index contributed by atoms with van der Waals surface area (Å²) in [6.07, 6.45) is 7.09. The number of amides is 1. The average Bonchev–Trinajstić information content (AvgIpc) is 2.56. The van der Waals surface area contributed by atoms with Gasteiger partial charge in [-0.2, -0.15) is 0 Å². The first-order valence-corrected chi connectivity index (χ1v) is 7.79. The Balaban J connectivity index is 1.64. The zero-order valence-electron chi connectivity index (χ0n) is 12.7. The predicted molar refractivity (Wildman–Crippen MR) is 81.5 cm³/mol. The highest BCUT2D eigenvalue weighted by Gasteiger charge is 2.22. The molecule has 0 spiro atoms. The van der Waals surface area contributed by atoms with E-state index in [0.717, 1.165) is 45.1 Å². The minimum absolute atomic E-state index is 0.000735. The van der Waals surface area contributed by atoms with E-state index >= 15 is 0 Å². The highest BCUT2D eigenvalue weighted by Crippen LogP contribution is 2.16. The number of piperidine rings is 1. The SMILES string of the molecule is CN1CCN(C(=O)c2cnc(N3CCCCC3)cn2)CC1. The van der Waals surface area contributed by atoms with Crippen LogP contribution < -0.4 is 4.90 Å². The van der Waals surface area contributed by atoms with Gasteiger partial charge in [-0.1, -0.05) is 0 Å². The Morgan fingerprint density at radius 3 is 2.29 bits per heavy atom. The predicted octanol–water partition coefficient (Wildman–Crippen LogP) is 0.854. The zero-order chi connectivity index (χ0) is 14.7. The summed E-state index contributed by atoms with van der Waals surface area (Å²) in [5.41, 5.74) is 0.459. The van der Waals surface area contributed by atoms with Gasteiger partial charge < -0.3 is 14.7 Å². The van der Waals surface area contributed by atoms with Gasteiger partial charge in [0.25, 0.3) is 5.91 Å². The van der Waals surface area contributed by atoms with Crippen LogP contribution in [0.1, 0.15) is 29.8 Å². The number of rotatable bonds is 2. The van der Waals surface area contributed by atoms with Gasteiger partial charge in [0.05, 0.1) is 12.4 Å². The summed E-state index contributed by atoms with van der Waals surface area (Å²) in [6.45, 7) is 5.46. The second-order valence-corrected chi connectivity index (χ2v) is 5.90. The van der Waals surface area contributed by atoms with Crippen LogP contribution in [0.2, 0.25) is 0 Å². The van der Waals surface area contributed by atoms with Crippen molar-refractivity contribution in [1.82, 2.24) is 19.8 Å². The normalized spacial score (nSPS) is 20.6. The second-order valence-electron chi connectivity index (χ2n) is 5.90. The molecule has 6 nitrogen and oxygen atoms in total. The summed E-state index contributed by atoms with van der Waals surface area (Å²) in [5.74, 6) is 0.894. The summed E-state index contributed by atoms with van der Waals surface area (Å²) >= 11 is 0. The molecule has 0 bridgehead atoms. The molecule has 0 saturated carbocycles. The molecule has 114 valence electrons. The Morgan fingerprint density at radius 1 is 0.952 bits per heavy atom. The number of nitrogens with zero attached hydrogens (tertiary/aromatic N) is 5. The van der Waals surface area contributed by atoms with E-state index in [1.807, 2.05) is 4.90 Å². The van der Waals surface area contributed by atoms with E-state index in [1.165, 1.54) is 19.3 Å². The van der Waals surface area contributed by atoms with Gasteiger partial charge >= 0.3 is 0 Å². The van der Waals surface area contributed by atoms with Gasteiger partial charge in [-0.25, -0.2) is 9.97 Å². The van der Waals surface area contributed by atoms with Crippen molar-refractivity contribution in [2.75, 3.05) is 51.2 Å². The van der Waals surface area contributed by atoms with E-state index in [9.17, 15) is 4.79 Å². The van der Waals surface area contributed by atoms with Crippen LogP contribution in [0, 0.1) is 0 Å². The molecule has 0 aromatic carbocycles. The van der Waals surface area contributed by atoms with Crippen molar-refractivity contribution in [2.45, 2.75) is 19.3 Å². The summed E-state index contributed by atoms with van der Waals surface area (Å²) in [7, 11) is 2.08. The van der Waals surface area contributed by atoms with E-state index in [0.29, 0.717) is 5.69 Å². The number of hydrogen-bond donors (Lipinski definition) is 0. The molecule has 21 heavy (non-hydrogen) atoms. The molecule has 1 aromatic heterocycles. The lowest BCUT2D eigenvalue weighted by Crippen LogP contribution is -2.47. The fraction of sp³-hybridized carbons (Fsp3) is 0.667. The number of likely N-dealkylation sites (N-methyl/N-ethyl adjacent to an activating group) is 1. The van der Waals surface area contributed by atoms with E-state index in [1.54, 1.807) is 12.4 Å². The van der Waals surface area contributed by atoms with Crippen LogP contribution >= 0.6 is 0 Å². The van der Waals surface area contributed by atoms with Gasteiger partial charge in [-0.3, -0.25) is 4.79 Å². The Morgan fingerprint density at radius 2 is 1.67 bits per heavy atom. The van der Waals surface area contributed by atoms with Gasteiger partial charge in [0, 0.05) is 39.3 Å². The Hall–Kier alpha value is -1.69. The molecule has 2 aliphatic heterocycles. The van der Waals surface area contributed by atoms with Crippen molar-refractivity contribution in [2.24, 2.45) is 0 Å². The van der Waals surface area contributed by atoms with E-state index in [2.05, 4.69) is 26.8 Å². The third-order valence-electron chi connectivity index (χ3n) is 4.33. The van der Waals surface area contributed by atoms with Crippen LogP contribution in [0.25, 0.3) is 0 Å². The first kappa shape index (κ1) is 14.3. The maximum absolute atomic E-state index is 12.4. The van der Waals surface area contributed by atoms with Gasteiger partial charge in [-0.05, 0) is 26.3 Å². The minimum Gasteiger partial charge on any atom is -0.355 e. The highest BCUT2D eigenvalue weighted by molar-refractivity contribution is 5.92. The van der Waals surface area contributed by atoms with E-state index in [-0.39, 0.29) is 5.91 Å². The Kier molecular flexibility index (Phi) is 4.34. The van der Waals surface area contributed by atoms with Gasteiger partial charge in [-0.15, -0.1) is 0 Å². The van der Waals surface area contributed by atoms with Gasteiger partial charge in [0.1, 0.15) is 11.5 Å². The lowest BCUT2D eigenvalue weighted by atomic mass is 10.1. The van der Waals surface area contributed by atoms with Crippen molar-refractivity contribution in [3.63, 3.8) is 0 Å². The molecule has 1 aromatic rings. The van der Waals surface area contributed by atoms with Crippen LogP contribution in [0.3, 0.4) is 0 Å². The first-order valence-electron chi connectivity index (χ1n) is 7.79. The number of aromatic nitrogens is 2. The lowest BCUT2D eigenvalue weighted by Gasteiger charge is -2.32. The molecule has 0 aliphatic carbocycles. The summed E-state index contributed by atoms with van der Waals surface area (Å²) in [6, 6.07) is 0. The van der Waals surface area contributed by atoms with Crippen molar-refractivity contribution >= 4 is 11.7 Å². The van der Waals surface area contributed by atoms with Crippen molar-refractivity contribution in [3.8, 4) is 0 Å². The third kappa shape index (κ3) is 3.32. The third-order valence-corrected chi connectivity index (χ3v) is 4.33. The topological polar surface area (TPSA) is 52.6 Å². The molecule has 2 saturated heterocycles. The monoisotopic (exact) mass is 289 g/mol. The smallest absolute Gasteiger partial charge is 0.274 e. The second kappa shape index (κ2) is 6.39. The molecule has 0 radical (unpaired) electrons. The maximum atomic E-state index is 12.4. The summed E-state index contributed by atoms with van der Waals surface area (Å²) in [5, 5.41) is 0. The standard InChI is InChI=1S/C15H23N5O/c1-18-7-9-20(10-8-18)15(21)13-11-17-14(12-16-13)19-5-3-2-4-6-19/h11-12H,2-10H2,1H3. The molecule has 0 atom stereocenters. The molecule has 2 aliphatic rings. The van der Waals surface area contributed by atoms with Gasteiger partial charge in [0.2, 0.25) is 0 Å². The molecular weight excluding hydrogens is 266 g/mol. The first-order chi connectivity index (χ1) is 10.2. The van der Waals surface area contributed by atoms with E-state index < -0.39 is 0 Å². The molecule has 2 fully saturated rings. The molecule has 3 heterocycles. The number of hydrogen-bond acceptors (Lipinski definition) is 5. The van der Waals surface area contributed by atoms with Crippen molar-refractivity contribution < 1.29 is 4.79 Å². The highest BCUT2D eigenvalue weighted by atomic mass is 16.2. The minimum atomic E-state index is 0.000735. The molecular formula is C15H23N5O. The van der Waals surface area contributed by atoms with Crippen LogP contribution in [-0.2, 0) is 0 Å². The lowest BCUT2D eigenvalue weighted by molar-refractivity contribution is 0.0658. The average molecular weight is 289 g/mol. The quantitative estimate of drug-likeness (QED) is 0.808. The molecule has 1 amide bonds. The van der Waals surface area contributed by atoms with Gasteiger partial charge in [0.15, 0.2) is 0 Å². The Bertz CT molecular complexity index is 475. The van der Waals surface area contributed by atoms with Crippen LogP contribution in [-0.4, -0.2) is 72.0 Å². The van der Waals surface area contributed by atoms with Crippen molar-refractivity contribution in [3.05, 3.63) is 18.1 Å². The molecule has 0 N–H and O–H groups in total. The summed E-state index contributed by atoms with van der Waals surface area (Å²) in [4.78, 5) is 27.5. The number of carbonyl (C=O) groups excluding carboxylic acids is 1. The molecule has 0 unspecified atom stereocenters. The van der Waals surface area contributed by atoms with Crippen LogP contribution in [0.5, 0.6) is 0 Å². The fourth-order valence-corrected chi connectivity index (χ4v) is 2.89. The maximum Gasteiger partial charge on any atom is 0.274 e. The number of anilines is 1. The summed E-state index contributed by atoms with van der Waals surface area (Å²) < 4.78 is 0. The van der Waals surface area contributed by atoms with E-state index in [4.69, 9.17) is 0 Å². The largest absolute Gasteiger partial charge is 0.355 e.